The molecule has 0 saturated carbocycles. The number of nitrogens with one attached hydrogen (secondary N) is 1. The highest BCUT2D eigenvalue weighted by Crippen LogP contribution is 2.29. The number of benzene rings is 1. The van der Waals surface area contributed by atoms with Crippen LogP contribution in [-0.4, -0.2) is 19.3 Å². The summed E-state index contributed by atoms with van der Waals surface area (Å²) in [7, 11) is 1.55. The molecule has 0 aliphatic rings. The molecule has 4 nitrogen and oxygen atoms in total. The Labute approximate surface area is 94.6 Å². The summed E-state index contributed by atoms with van der Waals surface area (Å²) in [5, 5.41) is 2.72. The Hall–Kier alpha value is -1.84. The van der Waals surface area contributed by atoms with E-state index in [2.05, 4.69) is 5.32 Å². The summed E-state index contributed by atoms with van der Waals surface area (Å²) in [4.78, 5) is 21.4. The first-order valence-electron chi connectivity index (χ1n) is 5.06. The third-order valence-corrected chi connectivity index (χ3v) is 2.16. The highest BCUT2D eigenvalue weighted by molar-refractivity contribution is 5.91. The average molecular weight is 221 g/mol. The van der Waals surface area contributed by atoms with Gasteiger partial charge in [-0.15, -0.1) is 0 Å². The molecule has 0 aliphatic carbocycles. The van der Waals surface area contributed by atoms with Crippen molar-refractivity contribution in [3.63, 3.8) is 0 Å². The number of anilines is 1. The van der Waals surface area contributed by atoms with Crippen molar-refractivity contribution in [2.24, 2.45) is 0 Å². The Morgan fingerprint density at radius 2 is 2.25 bits per heavy atom. The third kappa shape index (κ3) is 3.08. The molecule has 0 fully saturated rings. The van der Waals surface area contributed by atoms with E-state index in [9.17, 15) is 9.59 Å². The molecule has 16 heavy (non-hydrogen) atoms. The van der Waals surface area contributed by atoms with Crippen LogP contribution < -0.4 is 10.1 Å². The van der Waals surface area contributed by atoms with Crippen LogP contribution in [0.2, 0.25) is 0 Å². The normalized spacial score (nSPS) is 9.62. The van der Waals surface area contributed by atoms with Crippen LogP contribution in [0.15, 0.2) is 18.2 Å². The van der Waals surface area contributed by atoms with Gasteiger partial charge >= 0.3 is 0 Å². The first-order valence-corrected chi connectivity index (χ1v) is 5.06. The molecule has 0 spiro atoms. The quantitative estimate of drug-likeness (QED) is 0.771. The van der Waals surface area contributed by atoms with Crippen LogP contribution in [0.4, 0.5) is 5.69 Å². The zero-order valence-electron chi connectivity index (χ0n) is 9.45. The largest absolute Gasteiger partial charge is 0.495 e. The average Bonchev–Trinajstić information content (AvgIpc) is 2.27. The van der Waals surface area contributed by atoms with Crippen molar-refractivity contribution in [2.75, 3.05) is 12.4 Å². The van der Waals surface area contributed by atoms with E-state index >= 15 is 0 Å². The van der Waals surface area contributed by atoms with Crippen LogP contribution in [0.5, 0.6) is 5.75 Å². The van der Waals surface area contributed by atoms with E-state index < -0.39 is 0 Å². The molecule has 0 heterocycles. The lowest BCUT2D eigenvalue weighted by Gasteiger charge is -2.13. The molecular weight excluding hydrogens is 206 g/mol. The molecule has 0 atom stereocenters. The highest BCUT2D eigenvalue weighted by Gasteiger charge is 2.09. The van der Waals surface area contributed by atoms with Crippen molar-refractivity contribution in [1.82, 2.24) is 0 Å². The van der Waals surface area contributed by atoms with E-state index in [4.69, 9.17) is 4.74 Å². The monoisotopic (exact) mass is 221 g/mol. The molecule has 1 aromatic rings. The van der Waals surface area contributed by atoms with Gasteiger partial charge in [0.25, 0.3) is 0 Å². The van der Waals surface area contributed by atoms with Gasteiger partial charge in [0.2, 0.25) is 5.91 Å². The van der Waals surface area contributed by atoms with Crippen molar-refractivity contribution >= 4 is 17.9 Å². The van der Waals surface area contributed by atoms with Crippen LogP contribution in [0.3, 0.4) is 0 Å². The van der Waals surface area contributed by atoms with E-state index in [1.165, 1.54) is 6.92 Å². The van der Waals surface area contributed by atoms with Crippen LogP contribution in [-0.2, 0) is 16.0 Å². The molecule has 4 heteroatoms. The van der Waals surface area contributed by atoms with Gasteiger partial charge in [0, 0.05) is 13.3 Å². The molecule has 0 aliphatic heterocycles. The van der Waals surface area contributed by atoms with Gasteiger partial charge in [0.05, 0.1) is 12.8 Å². The van der Waals surface area contributed by atoms with Gasteiger partial charge in [-0.05, 0) is 18.1 Å². The van der Waals surface area contributed by atoms with Crippen LogP contribution >= 0.6 is 0 Å². The molecule has 0 aromatic heterocycles. The Balaban J connectivity index is 3.03. The SMILES string of the molecule is COc1cccc(CCC=O)c1NC(C)=O. The minimum atomic E-state index is -0.156. The molecule has 1 aromatic carbocycles. The molecule has 1 N–H and O–H groups in total. The summed E-state index contributed by atoms with van der Waals surface area (Å²) in [6.07, 6.45) is 1.88. The van der Waals surface area contributed by atoms with Gasteiger partial charge < -0.3 is 14.8 Å². The van der Waals surface area contributed by atoms with Gasteiger partial charge in [-0.1, -0.05) is 12.1 Å². The minimum Gasteiger partial charge on any atom is -0.495 e. The number of methoxy groups -OCH3 is 1. The van der Waals surface area contributed by atoms with Gasteiger partial charge in [0.1, 0.15) is 12.0 Å². The number of amides is 1. The number of carbonyl (C=O) groups is 2. The first-order chi connectivity index (χ1) is 7.69. The smallest absolute Gasteiger partial charge is 0.221 e. The van der Waals surface area contributed by atoms with Crippen LogP contribution in [0, 0.1) is 0 Å². The van der Waals surface area contributed by atoms with Gasteiger partial charge in [-0.3, -0.25) is 4.79 Å². The number of aryl methyl sites for hydroxylation is 1. The second kappa shape index (κ2) is 5.90. The maximum atomic E-state index is 11.1. The summed E-state index contributed by atoms with van der Waals surface area (Å²) >= 11 is 0. The standard InChI is InChI=1S/C12H15NO3/c1-9(15)13-12-10(6-4-8-14)5-3-7-11(12)16-2/h3,5,7-8H,4,6H2,1-2H3,(H,13,15). The fourth-order valence-electron chi connectivity index (χ4n) is 1.49. The molecular formula is C12H15NO3. The van der Waals surface area contributed by atoms with E-state index in [0.29, 0.717) is 24.3 Å². The number of ether oxygens (including phenoxy) is 1. The van der Waals surface area contributed by atoms with E-state index in [1.807, 2.05) is 12.1 Å². The zero-order valence-corrected chi connectivity index (χ0v) is 9.45. The van der Waals surface area contributed by atoms with Crippen LogP contribution in [0.25, 0.3) is 0 Å². The molecule has 0 bridgehead atoms. The van der Waals surface area contributed by atoms with Gasteiger partial charge in [-0.25, -0.2) is 0 Å². The lowest BCUT2D eigenvalue weighted by atomic mass is 10.1. The van der Waals surface area contributed by atoms with E-state index in [0.717, 1.165) is 11.8 Å². The highest BCUT2D eigenvalue weighted by atomic mass is 16.5. The molecule has 86 valence electrons. The summed E-state index contributed by atoms with van der Waals surface area (Å²) in [6, 6.07) is 5.48. The van der Waals surface area contributed by atoms with Gasteiger partial charge in [0.15, 0.2) is 0 Å². The molecule has 0 radical (unpaired) electrons. The fourth-order valence-corrected chi connectivity index (χ4v) is 1.49. The lowest BCUT2D eigenvalue weighted by molar-refractivity contribution is -0.114. The Morgan fingerprint density at radius 1 is 1.50 bits per heavy atom. The molecule has 0 unspecified atom stereocenters. The second-order valence-corrected chi connectivity index (χ2v) is 3.38. The van der Waals surface area contributed by atoms with E-state index in [1.54, 1.807) is 13.2 Å². The van der Waals surface area contributed by atoms with Crippen molar-refractivity contribution in [1.29, 1.82) is 0 Å². The first kappa shape index (κ1) is 12.2. The van der Waals surface area contributed by atoms with Gasteiger partial charge in [-0.2, -0.15) is 0 Å². The Morgan fingerprint density at radius 3 is 2.81 bits per heavy atom. The summed E-state index contributed by atoms with van der Waals surface area (Å²) in [5.74, 6) is 0.454. The molecule has 1 amide bonds. The third-order valence-electron chi connectivity index (χ3n) is 2.16. The number of rotatable bonds is 5. The van der Waals surface area contributed by atoms with E-state index in [-0.39, 0.29) is 5.91 Å². The summed E-state index contributed by atoms with van der Waals surface area (Å²) in [5.41, 5.74) is 1.56. The number of aldehydes is 1. The van der Waals surface area contributed by atoms with Crippen LogP contribution in [0.1, 0.15) is 18.9 Å². The molecule has 0 saturated heterocycles. The predicted octanol–water partition coefficient (Wildman–Crippen LogP) is 1.79. The zero-order chi connectivity index (χ0) is 12.0. The summed E-state index contributed by atoms with van der Waals surface area (Å²) < 4.78 is 5.16. The maximum absolute atomic E-state index is 11.1. The van der Waals surface area contributed by atoms with Crippen molar-refractivity contribution in [3.8, 4) is 5.75 Å². The number of hydrogen-bond acceptors (Lipinski definition) is 3. The number of para-hydroxylation sites is 1. The minimum absolute atomic E-state index is 0.156. The van der Waals surface area contributed by atoms with Crippen molar-refractivity contribution in [2.45, 2.75) is 19.8 Å². The van der Waals surface area contributed by atoms with Crippen molar-refractivity contribution in [3.05, 3.63) is 23.8 Å². The van der Waals surface area contributed by atoms with Crippen molar-refractivity contribution < 1.29 is 14.3 Å². The topological polar surface area (TPSA) is 55.4 Å². The maximum Gasteiger partial charge on any atom is 0.221 e. The second-order valence-electron chi connectivity index (χ2n) is 3.38. The number of carbonyl (C=O) groups excluding carboxylic acids is 2. The molecule has 1 rings (SSSR count). The predicted molar refractivity (Wildman–Crippen MR) is 61.7 cm³/mol. The summed E-state index contributed by atoms with van der Waals surface area (Å²) in [6.45, 7) is 1.44. The fraction of sp³-hybridized carbons (Fsp3) is 0.333. The lowest BCUT2D eigenvalue weighted by Crippen LogP contribution is -2.09. The number of hydrogen-bond donors (Lipinski definition) is 1. The Kier molecular flexibility index (Phi) is 4.51. The Bertz CT molecular complexity index is 388.